The van der Waals surface area contributed by atoms with E-state index in [2.05, 4.69) is 53.8 Å². The fourth-order valence-corrected chi connectivity index (χ4v) is 3.31. The van der Waals surface area contributed by atoms with Gasteiger partial charge in [0.1, 0.15) is 5.60 Å². The maximum atomic E-state index is 12.8. The van der Waals surface area contributed by atoms with Crippen LogP contribution in [0.15, 0.2) is 0 Å². The van der Waals surface area contributed by atoms with Crippen molar-refractivity contribution in [3.05, 3.63) is 0 Å². The molecule has 1 unspecified atom stereocenters. The maximum Gasteiger partial charge on any atom is 0.311 e. The van der Waals surface area contributed by atoms with Crippen LogP contribution in [0.4, 0.5) is 0 Å². The van der Waals surface area contributed by atoms with Gasteiger partial charge in [0.15, 0.2) is 0 Å². The number of carbonyl (C=O) groups is 1. The molecule has 3 nitrogen and oxygen atoms in total. The molecule has 0 rings (SSSR count). The van der Waals surface area contributed by atoms with Crippen LogP contribution in [0.2, 0.25) is 0 Å². The minimum Gasteiger partial charge on any atom is -0.459 e. The van der Waals surface area contributed by atoms with Crippen LogP contribution in [0.25, 0.3) is 0 Å². The van der Waals surface area contributed by atoms with Crippen molar-refractivity contribution in [3.63, 3.8) is 0 Å². The third-order valence-electron chi connectivity index (χ3n) is 4.97. The molecule has 0 aliphatic carbocycles. The summed E-state index contributed by atoms with van der Waals surface area (Å²) in [6.45, 7) is 15.6. The summed E-state index contributed by atoms with van der Waals surface area (Å²) in [5.74, 6) is 0.272. The lowest BCUT2D eigenvalue weighted by Crippen LogP contribution is -2.46. The molecule has 1 N–H and O–H groups in total. The van der Waals surface area contributed by atoms with E-state index in [-0.39, 0.29) is 22.9 Å². The van der Waals surface area contributed by atoms with Crippen LogP contribution in [0, 0.1) is 17.3 Å². The first-order valence-corrected chi connectivity index (χ1v) is 8.59. The fourth-order valence-electron chi connectivity index (χ4n) is 3.31. The lowest BCUT2D eigenvalue weighted by atomic mass is 9.77. The number of carbonyl (C=O) groups excluding carboxylic acids is 1. The highest BCUT2D eigenvalue weighted by Crippen LogP contribution is 2.37. The largest absolute Gasteiger partial charge is 0.459 e. The van der Waals surface area contributed by atoms with E-state index in [9.17, 15) is 4.79 Å². The van der Waals surface area contributed by atoms with Gasteiger partial charge in [-0.2, -0.15) is 0 Å². The van der Waals surface area contributed by atoms with Crippen LogP contribution >= 0.6 is 0 Å². The van der Waals surface area contributed by atoms with Crippen molar-refractivity contribution in [2.45, 2.75) is 79.8 Å². The van der Waals surface area contributed by atoms with E-state index in [0.29, 0.717) is 12.5 Å². The van der Waals surface area contributed by atoms with Gasteiger partial charge < -0.3 is 10.1 Å². The second kappa shape index (κ2) is 8.77. The molecule has 0 saturated heterocycles. The van der Waals surface area contributed by atoms with Crippen LogP contribution < -0.4 is 5.32 Å². The van der Waals surface area contributed by atoms with Crippen LogP contribution in [0.5, 0.6) is 0 Å². The van der Waals surface area contributed by atoms with Crippen molar-refractivity contribution in [2.75, 3.05) is 13.6 Å². The molecule has 0 amide bonds. The molecule has 0 aromatic heterocycles. The van der Waals surface area contributed by atoms with E-state index in [4.69, 9.17) is 4.74 Å². The molecule has 0 bridgehead atoms. The zero-order valence-electron chi connectivity index (χ0n) is 15.5. The van der Waals surface area contributed by atoms with Gasteiger partial charge in [0.05, 0.1) is 5.92 Å². The predicted molar refractivity (Wildman–Crippen MR) is 90.3 cm³/mol. The van der Waals surface area contributed by atoms with Gasteiger partial charge >= 0.3 is 5.97 Å². The first-order valence-electron chi connectivity index (χ1n) is 8.59. The lowest BCUT2D eigenvalue weighted by Gasteiger charge is -2.41. The number of ether oxygens (including phenoxy) is 1. The smallest absolute Gasteiger partial charge is 0.311 e. The Balaban J connectivity index is 5.28. The summed E-state index contributed by atoms with van der Waals surface area (Å²) in [6.07, 6.45) is 3.88. The average molecular weight is 299 g/mol. The van der Waals surface area contributed by atoms with Crippen molar-refractivity contribution in [1.29, 1.82) is 0 Å². The maximum absolute atomic E-state index is 12.8. The molecule has 21 heavy (non-hydrogen) atoms. The van der Waals surface area contributed by atoms with Gasteiger partial charge in [-0.25, -0.2) is 0 Å². The van der Waals surface area contributed by atoms with E-state index in [1.54, 1.807) is 0 Å². The normalized spacial score (nSPS) is 14.3. The summed E-state index contributed by atoms with van der Waals surface area (Å²) in [6, 6.07) is 0. The number of nitrogens with one attached hydrogen (secondary N) is 1. The first-order chi connectivity index (χ1) is 9.72. The molecular formula is C18H37NO2. The standard InChI is InChI=1S/C18H37NO2/c1-9-14(10-2)18(11-3,12-4)21-16(20)15(13-19-8)17(5,6)7/h14-15,19H,9-13H2,1-8H3. The highest BCUT2D eigenvalue weighted by Gasteiger charge is 2.41. The third kappa shape index (κ3) is 5.28. The van der Waals surface area contributed by atoms with Gasteiger partial charge in [0, 0.05) is 6.54 Å². The monoisotopic (exact) mass is 299 g/mol. The molecule has 1 atom stereocenters. The number of rotatable bonds is 9. The van der Waals surface area contributed by atoms with Gasteiger partial charge in [-0.05, 0) is 44.1 Å². The topological polar surface area (TPSA) is 38.3 Å². The summed E-state index contributed by atoms with van der Waals surface area (Å²) in [7, 11) is 1.89. The van der Waals surface area contributed by atoms with E-state index in [0.717, 1.165) is 25.7 Å². The summed E-state index contributed by atoms with van der Waals surface area (Å²) < 4.78 is 6.14. The molecule has 0 heterocycles. The Kier molecular flexibility index (Phi) is 8.53. The lowest BCUT2D eigenvalue weighted by molar-refractivity contribution is -0.177. The molecular weight excluding hydrogens is 262 g/mol. The molecule has 0 aliphatic rings. The Hall–Kier alpha value is -0.570. The quantitative estimate of drug-likeness (QED) is 0.641. The van der Waals surface area contributed by atoms with Crippen LogP contribution in [0.1, 0.15) is 74.1 Å². The zero-order chi connectivity index (χ0) is 16.7. The van der Waals surface area contributed by atoms with E-state index in [1.807, 2.05) is 7.05 Å². The summed E-state index contributed by atoms with van der Waals surface area (Å²) >= 11 is 0. The summed E-state index contributed by atoms with van der Waals surface area (Å²) in [5, 5.41) is 3.13. The van der Waals surface area contributed by atoms with Crippen molar-refractivity contribution in [1.82, 2.24) is 5.32 Å². The van der Waals surface area contributed by atoms with Gasteiger partial charge in [-0.15, -0.1) is 0 Å². The van der Waals surface area contributed by atoms with E-state index < -0.39 is 0 Å². The fraction of sp³-hybridized carbons (Fsp3) is 0.944. The Morgan fingerprint density at radius 3 is 1.81 bits per heavy atom. The van der Waals surface area contributed by atoms with Crippen molar-refractivity contribution in [2.24, 2.45) is 17.3 Å². The Labute approximate surface area is 132 Å². The number of esters is 1. The van der Waals surface area contributed by atoms with Crippen LogP contribution in [-0.4, -0.2) is 25.2 Å². The third-order valence-corrected chi connectivity index (χ3v) is 4.97. The van der Waals surface area contributed by atoms with Gasteiger partial charge in [-0.3, -0.25) is 4.79 Å². The van der Waals surface area contributed by atoms with Crippen molar-refractivity contribution >= 4 is 5.97 Å². The summed E-state index contributed by atoms with van der Waals surface area (Å²) in [5.41, 5.74) is -0.404. The van der Waals surface area contributed by atoms with Gasteiger partial charge in [0.25, 0.3) is 0 Å². The zero-order valence-corrected chi connectivity index (χ0v) is 15.5. The van der Waals surface area contributed by atoms with Gasteiger partial charge in [-0.1, -0.05) is 48.5 Å². The predicted octanol–water partition coefficient (Wildman–Crippen LogP) is 4.41. The van der Waals surface area contributed by atoms with Crippen LogP contribution in [-0.2, 0) is 9.53 Å². The van der Waals surface area contributed by atoms with Crippen molar-refractivity contribution < 1.29 is 9.53 Å². The van der Waals surface area contributed by atoms with Crippen molar-refractivity contribution in [3.8, 4) is 0 Å². The number of hydrogen-bond donors (Lipinski definition) is 1. The second-order valence-electron chi connectivity index (χ2n) is 7.18. The minimum atomic E-state index is -0.308. The highest BCUT2D eigenvalue weighted by molar-refractivity contribution is 5.74. The first kappa shape index (κ1) is 20.4. The van der Waals surface area contributed by atoms with E-state index >= 15 is 0 Å². The molecule has 3 heteroatoms. The molecule has 0 radical (unpaired) electrons. The Bertz CT molecular complexity index is 299. The van der Waals surface area contributed by atoms with Gasteiger partial charge in [0.2, 0.25) is 0 Å². The Morgan fingerprint density at radius 1 is 1.05 bits per heavy atom. The van der Waals surface area contributed by atoms with E-state index in [1.165, 1.54) is 0 Å². The minimum absolute atomic E-state index is 0.0487. The SMILES string of the molecule is CCC(CC)C(CC)(CC)OC(=O)C(CNC)C(C)(C)C. The average Bonchev–Trinajstić information content (AvgIpc) is 2.43. The summed E-state index contributed by atoms with van der Waals surface area (Å²) in [4.78, 5) is 12.8. The Morgan fingerprint density at radius 2 is 1.52 bits per heavy atom. The molecule has 126 valence electrons. The molecule has 0 aromatic carbocycles. The highest BCUT2D eigenvalue weighted by atomic mass is 16.6. The second-order valence-corrected chi connectivity index (χ2v) is 7.18. The number of hydrogen-bond acceptors (Lipinski definition) is 3. The molecule has 0 aromatic rings. The molecule has 0 aliphatic heterocycles. The van der Waals surface area contributed by atoms with Crippen LogP contribution in [0.3, 0.4) is 0 Å². The molecule has 0 saturated carbocycles. The molecule has 0 spiro atoms. The molecule has 0 fully saturated rings.